The van der Waals surface area contributed by atoms with Gasteiger partial charge in [-0.05, 0) is 73.2 Å². The second-order valence-corrected chi connectivity index (χ2v) is 13.5. The second-order valence-electron chi connectivity index (χ2n) is 13.5. The van der Waals surface area contributed by atoms with E-state index in [2.05, 4.69) is 15.2 Å². The largest absolute Gasteiger partial charge is 0.508 e. The first-order valence-corrected chi connectivity index (χ1v) is 15.8. The molecule has 4 aromatic rings. The minimum absolute atomic E-state index is 0.0188. The predicted molar refractivity (Wildman–Crippen MR) is 164 cm³/mol. The number of benzene rings is 3. The Labute approximate surface area is 258 Å². The summed E-state index contributed by atoms with van der Waals surface area (Å²) in [6.45, 7) is 2.71. The highest BCUT2D eigenvalue weighted by Gasteiger charge is 2.49. The minimum atomic E-state index is -4.17. The van der Waals surface area contributed by atoms with Crippen molar-refractivity contribution in [1.29, 1.82) is 0 Å². The number of piperazine rings is 1. The minimum Gasteiger partial charge on any atom is -0.508 e. The summed E-state index contributed by atoms with van der Waals surface area (Å²) in [7, 11) is 0. The van der Waals surface area contributed by atoms with Gasteiger partial charge in [0.25, 0.3) is 0 Å². The second kappa shape index (κ2) is 10.7. The number of alkyl halides is 3. The fourth-order valence-electron chi connectivity index (χ4n) is 7.59. The number of ether oxygens (including phenoxy) is 1. The van der Waals surface area contributed by atoms with E-state index in [0.717, 1.165) is 49.5 Å². The molecule has 11 heteroatoms. The Morgan fingerprint density at radius 1 is 0.933 bits per heavy atom. The van der Waals surface area contributed by atoms with Gasteiger partial charge in [-0.3, -0.25) is 0 Å². The summed E-state index contributed by atoms with van der Waals surface area (Å²) in [5.41, 5.74) is 0.766. The normalized spacial score (nSPS) is 24.5. The van der Waals surface area contributed by atoms with E-state index in [4.69, 9.17) is 9.72 Å². The number of anilines is 1. The van der Waals surface area contributed by atoms with Gasteiger partial charge in [0.2, 0.25) is 0 Å². The van der Waals surface area contributed by atoms with Crippen molar-refractivity contribution in [3.63, 3.8) is 0 Å². The summed E-state index contributed by atoms with van der Waals surface area (Å²) in [6, 6.07) is 15.1. The highest BCUT2D eigenvalue weighted by molar-refractivity contribution is 6.01. The van der Waals surface area contributed by atoms with Crippen LogP contribution in [0.1, 0.15) is 32.1 Å². The number of rotatable bonds is 7. The van der Waals surface area contributed by atoms with Crippen LogP contribution in [0, 0.1) is 17.2 Å². The van der Waals surface area contributed by atoms with Gasteiger partial charge in [-0.1, -0.05) is 30.3 Å². The molecule has 2 bridgehead atoms. The molecule has 236 valence electrons. The van der Waals surface area contributed by atoms with E-state index in [9.17, 15) is 18.3 Å². The Kier molecular flexibility index (Phi) is 6.83. The number of nitrogens with zero attached hydrogens (tertiary/aromatic N) is 4. The number of likely N-dealkylation sites (tertiary alicyclic amines) is 1. The zero-order valence-electron chi connectivity index (χ0n) is 24.8. The molecule has 45 heavy (non-hydrogen) atoms. The molecule has 1 aromatic heterocycles. The Balaban J connectivity index is 1.14. The Hall–Kier alpha value is -3.70. The maximum Gasteiger partial charge on any atom is 0.393 e. The SMILES string of the molecule is Oc1cc(-c2ccc3c(N4CC5CCC(C4)N5)nc(OCC4(CN5CCC(C(F)(F)F)C5)CC4)nc3c2F)c2ccccc2c1. The lowest BCUT2D eigenvalue weighted by Crippen LogP contribution is -2.51. The molecular formula is C34H35F4N5O2. The number of phenols is 1. The van der Waals surface area contributed by atoms with Crippen LogP contribution in [0.2, 0.25) is 0 Å². The summed E-state index contributed by atoms with van der Waals surface area (Å²) >= 11 is 0. The van der Waals surface area contributed by atoms with Crippen molar-refractivity contribution in [3.05, 3.63) is 54.3 Å². The van der Waals surface area contributed by atoms with Crippen LogP contribution in [0.5, 0.6) is 11.8 Å². The fraction of sp³-hybridized carbons (Fsp3) is 0.471. The van der Waals surface area contributed by atoms with Crippen molar-refractivity contribution >= 4 is 27.5 Å². The molecular weight excluding hydrogens is 586 g/mol. The van der Waals surface area contributed by atoms with Crippen LogP contribution in [0.4, 0.5) is 23.4 Å². The highest BCUT2D eigenvalue weighted by atomic mass is 19.4. The average molecular weight is 622 g/mol. The van der Waals surface area contributed by atoms with Gasteiger partial charge >= 0.3 is 12.2 Å². The molecule has 8 rings (SSSR count). The molecule has 3 aromatic carbocycles. The number of nitrogens with one attached hydrogen (secondary N) is 1. The Morgan fingerprint density at radius 2 is 1.71 bits per heavy atom. The maximum atomic E-state index is 16.6. The maximum absolute atomic E-state index is 16.6. The molecule has 0 amide bonds. The molecule has 3 atom stereocenters. The molecule has 0 radical (unpaired) electrons. The summed E-state index contributed by atoms with van der Waals surface area (Å²) in [5.74, 6) is -1.14. The quantitative estimate of drug-likeness (QED) is 0.236. The average Bonchev–Trinajstić information content (AvgIpc) is 3.45. The van der Waals surface area contributed by atoms with Crippen molar-refractivity contribution in [1.82, 2.24) is 20.2 Å². The summed E-state index contributed by atoms with van der Waals surface area (Å²) in [5, 5.41) is 16.3. The zero-order chi connectivity index (χ0) is 30.9. The van der Waals surface area contributed by atoms with Crippen LogP contribution < -0.4 is 15.0 Å². The van der Waals surface area contributed by atoms with E-state index in [-0.39, 0.29) is 42.3 Å². The van der Waals surface area contributed by atoms with Crippen LogP contribution in [0.15, 0.2) is 48.5 Å². The van der Waals surface area contributed by atoms with Gasteiger partial charge in [0.05, 0.1) is 12.5 Å². The first-order valence-electron chi connectivity index (χ1n) is 15.8. The molecule has 7 nitrogen and oxygen atoms in total. The molecule has 3 saturated heterocycles. The summed E-state index contributed by atoms with van der Waals surface area (Å²) < 4.78 is 62.7. The van der Waals surface area contributed by atoms with E-state index >= 15 is 4.39 Å². The van der Waals surface area contributed by atoms with Crippen LogP contribution in [-0.2, 0) is 0 Å². The fourth-order valence-corrected chi connectivity index (χ4v) is 7.59. The first kappa shape index (κ1) is 28.8. The number of hydrogen-bond acceptors (Lipinski definition) is 7. The molecule has 1 saturated carbocycles. The van der Waals surface area contributed by atoms with Gasteiger partial charge in [-0.25, -0.2) is 4.39 Å². The zero-order valence-corrected chi connectivity index (χ0v) is 24.8. The van der Waals surface area contributed by atoms with Gasteiger partial charge in [0.1, 0.15) is 17.1 Å². The third-order valence-corrected chi connectivity index (χ3v) is 10.2. The van der Waals surface area contributed by atoms with E-state index in [0.29, 0.717) is 47.5 Å². The van der Waals surface area contributed by atoms with Crippen LogP contribution in [0.3, 0.4) is 0 Å². The molecule has 3 unspecified atom stereocenters. The summed E-state index contributed by atoms with van der Waals surface area (Å²) in [6.07, 6.45) is -0.194. The number of phenolic OH excluding ortho intramolecular Hbond substituents is 1. The van der Waals surface area contributed by atoms with Crippen molar-refractivity contribution in [2.45, 2.75) is 50.4 Å². The lowest BCUT2D eigenvalue weighted by Gasteiger charge is -2.34. The number of hydrogen-bond donors (Lipinski definition) is 2. The van der Waals surface area contributed by atoms with E-state index in [1.54, 1.807) is 18.2 Å². The lowest BCUT2D eigenvalue weighted by atomic mass is 9.96. The van der Waals surface area contributed by atoms with E-state index < -0.39 is 17.9 Å². The Bertz CT molecular complexity index is 1770. The van der Waals surface area contributed by atoms with Gasteiger partial charge in [0.15, 0.2) is 5.82 Å². The van der Waals surface area contributed by atoms with Crippen molar-refractivity contribution in [2.24, 2.45) is 11.3 Å². The van der Waals surface area contributed by atoms with Crippen LogP contribution >= 0.6 is 0 Å². The van der Waals surface area contributed by atoms with E-state index in [1.165, 1.54) is 0 Å². The first-order chi connectivity index (χ1) is 21.6. The third-order valence-electron chi connectivity index (χ3n) is 10.2. The molecule has 0 spiro atoms. The van der Waals surface area contributed by atoms with Gasteiger partial charge in [0, 0.05) is 54.6 Å². The van der Waals surface area contributed by atoms with Gasteiger partial charge in [-0.2, -0.15) is 23.1 Å². The smallest absolute Gasteiger partial charge is 0.393 e. The van der Waals surface area contributed by atoms with Crippen molar-refractivity contribution in [2.75, 3.05) is 44.2 Å². The van der Waals surface area contributed by atoms with Crippen LogP contribution in [0.25, 0.3) is 32.8 Å². The molecule has 1 aliphatic carbocycles. The molecule has 3 aliphatic heterocycles. The number of fused-ring (bicyclic) bond motifs is 4. The molecule has 4 heterocycles. The monoisotopic (exact) mass is 621 g/mol. The van der Waals surface area contributed by atoms with E-state index in [1.807, 2.05) is 35.2 Å². The van der Waals surface area contributed by atoms with Gasteiger partial charge < -0.3 is 25.0 Å². The lowest BCUT2D eigenvalue weighted by molar-refractivity contribution is -0.170. The molecule has 4 fully saturated rings. The van der Waals surface area contributed by atoms with Gasteiger partial charge in [-0.15, -0.1) is 0 Å². The molecule has 4 aliphatic rings. The van der Waals surface area contributed by atoms with Crippen molar-refractivity contribution in [3.8, 4) is 22.9 Å². The summed E-state index contributed by atoms with van der Waals surface area (Å²) in [4.78, 5) is 13.5. The Morgan fingerprint density at radius 3 is 2.44 bits per heavy atom. The third kappa shape index (κ3) is 5.43. The number of aromatic hydroxyl groups is 1. The highest BCUT2D eigenvalue weighted by Crippen LogP contribution is 2.48. The topological polar surface area (TPSA) is 73.8 Å². The van der Waals surface area contributed by atoms with Crippen molar-refractivity contribution < 1.29 is 27.4 Å². The standard InChI is InChI=1S/C34H35F4N5O2/c35-29-26(28-14-24(44)13-20-3-1-2-4-25(20)28)7-8-27-30(29)40-32(41-31(27)43-16-22-5-6-23(17-43)39-22)45-19-33(10-11-33)18-42-12-9-21(15-42)34(36,37)38/h1-4,7-8,13-14,21-23,39,44H,5-6,9-12,15-19H2. The van der Waals surface area contributed by atoms with Crippen LogP contribution in [-0.4, -0.2) is 77.6 Å². The predicted octanol–water partition coefficient (Wildman–Crippen LogP) is 6.28. The number of aromatic nitrogens is 2. The molecule has 2 N–H and O–H groups in total. The number of halogens is 4.